The van der Waals surface area contributed by atoms with Crippen molar-refractivity contribution in [2.75, 3.05) is 0 Å². The maximum Gasteiger partial charge on any atom is 0.190 e. The molecule has 0 saturated carbocycles. The number of hydrogen-bond donors (Lipinski definition) is 0. The molecule has 0 fully saturated rings. The number of carbonyl (C=O) groups is 2. The Morgan fingerprint density at radius 1 is 0.420 bits per heavy atom. The highest BCUT2D eigenvalue weighted by Gasteiger charge is 2.13. The highest BCUT2D eigenvalue weighted by molar-refractivity contribution is 8.13. The molecule has 0 amide bonds. The van der Waals surface area contributed by atoms with Crippen molar-refractivity contribution in [2.45, 2.75) is 23.6 Å². The second kappa shape index (κ2) is 15.0. The van der Waals surface area contributed by atoms with Crippen molar-refractivity contribution in [1.29, 1.82) is 0 Å². The van der Waals surface area contributed by atoms with Crippen LogP contribution in [0, 0.1) is 0 Å². The van der Waals surface area contributed by atoms with Gasteiger partial charge in [-0.25, -0.2) is 0 Å². The summed E-state index contributed by atoms with van der Waals surface area (Å²) in [6.45, 7) is 3.19. The molecular weight excluding hydrogens is 649 g/mol. The van der Waals surface area contributed by atoms with Crippen LogP contribution in [0.5, 0.6) is 0 Å². The molecule has 0 aliphatic rings. The van der Waals surface area contributed by atoms with Crippen LogP contribution >= 0.6 is 23.5 Å². The number of thioether (sulfide) groups is 2. The fourth-order valence-corrected chi connectivity index (χ4v) is 7.46. The third-order valence-corrected chi connectivity index (χ3v) is 10.1. The lowest BCUT2D eigenvalue weighted by atomic mass is 9.88. The lowest BCUT2D eigenvalue weighted by Crippen LogP contribution is -1.92. The Labute approximate surface area is 301 Å². The van der Waals surface area contributed by atoms with E-state index in [0.717, 1.165) is 75.8 Å². The molecule has 7 aromatic carbocycles. The van der Waals surface area contributed by atoms with Gasteiger partial charge in [-0.05, 0) is 115 Å². The number of carbonyl (C=O) groups excluding carboxylic acids is 2. The average Bonchev–Trinajstić information content (AvgIpc) is 3.13. The van der Waals surface area contributed by atoms with Crippen LogP contribution in [-0.2, 0) is 9.59 Å². The van der Waals surface area contributed by atoms with Gasteiger partial charge in [0.2, 0.25) is 0 Å². The van der Waals surface area contributed by atoms with Gasteiger partial charge in [-0.3, -0.25) is 9.59 Å². The van der Waals surface area contributed by atoms with Gasteiger partial charge >= 0.3 is 0 Å². The molecule has 0 aromatic heterocycles. The molecule has 0 aliphatic heterocycles. The van der Waals surface area contributed by atoms with E-state index < -0.39 is 0 Å². The quantitative estimate of drug-likeness (QED) is 0.118. The highest BCUT2D eigenvalue weighted by atomic mass is 32.2. The van der Waals surface area contributed by atoms with Crippen LogP contribution in [0.15, 0.2) is 155 Å². The van der Waals surface area contributed by atoms with Crippen LogP contribution in [0.1, 0.15) is 36.1 Å². The van der Waals surface area contributed by atoms with Gasteiger partial charge < -0.3 is 0 Å². The van der Waals surface area contributed by atoms with E-state index in [1.54, 1.807) is 13.8 Å². The van der Waals surface area contributed by atoms with Crippen molar-refractivity contribution in [1.82, 2.24) is 0 Å². The number of fused-ring (bicyclic) bond motifs is 2. The number of benzene rings is 7. The van der Waals surface area contributed by atoms with Gasteiger partial charge in [0, 0.05) is 23.6 Å². The maximum absolute atomic E-state index is 11.7. The van der Waals surface area contributed by atoms with Gasteiger partial charge in [-0.15, -0.1) is 0 Å². The van der Waals surface area contributed by atoms with Crippen molar-refractivity contribution in [2.24, 2.45) is 0 Å². The Morgan fingerprint density at radius 2 is 0.800 bits per heavy atom. The Hall–Kier alpha value is -5.42. The number of rotatable bonds is 8. The Kier molecular flexibility index (Phi) is 9.93. The van der Waals surface area contributed by atoms with E-state index in [1.807, 2.05) is 24.3 Å². The summed E-state index contributed by atoms with van der Waals surface area (Å²) in [5.74, 6) is 0. The smallest absolute Gasteiger partial charge is 0.190 e. The zero-order chi connectivity index (χ0) is 34.5. The normalized spacial score (nSPS) is 11.6. The van der Waals surface area contributed by atoms with Crippen molar-refractivity contribution in [3.05, 3.63) is 168 Å². The summed E-state index contributed by atoms with van der Waals surface area (Å²) in [7, 11) is 0. The van der Waals surface area contributed by atoms with Gasteiger partial charge in [-0.2, -0.15) is 0 Å². The van der Waals surface area contributed by atoms with Gasteiger partial charge in [0.05, 0.1) is 0 Å². The first-order chi connectivity index (χ1) is 24.4. The molecule has 0 N–H and O–H groups in total. The van der Waals surface area contributed by atoms with Crippen molar-refractivity contribution < 1.29 is 9.59 Å². The van der Waals surface area contributed by atoms with Crippen molar-refractivity contribution in [3.63, 3.8) is 0 Å². The lowest BCUT2D eigenvalue weighted by molar-refractivity contribution is -0.109. The van der Waals surface area contributed by atoms with Crippen LogP contribution in [0.2, 0.25) is 0 Å². The third kappa shape index (κ3) is 7.89. The zero-order valence-electron chi connectivity index (χ0n) is 27.8. The summed E-state index contributed by atoms with van der Waals surface area (Å²) in [5, 5.41) is 4.60. The van der Waals surface area contributed by atoms with E-state index in [-0.39, 0.29) is 10.2 Å². The van der Waals surface area contributed by atoms with Crippen LogP contribution in [0.25, 0.3) is 68.1 Å². The Balaban J connectivity index is 1.40. The molecule has 242 valence electrons. The molecule has 0 saturated heterocycles. The van der Waals surface area contributed by atoms with E-state index in [0.29, 0.717) is 0 Å². The predicted octanol–water partition coefficient (Wildman–Crippen LogP) is 12.9. The molecule has 0 spiro atoms. The second-order valence-electron chi connectivity index (χ2n) is 12.1. The molecule has 0 atom stereocenters. The Bertz CT molecular complexity index is 2250. The first kappa shape index (κ1) is 33.1. The van der Waals surface area contributed by atoms with Crippen LogP contribution in [0.4, 0.5) is 0 Å². The van der Waals surface area contributed by atoms with Crippen LogP contribution in [-0.4, -0.2) is 10.2 Å². The van der Waals surface area contributed by atoms with E-state index in [2.05, 4.69) is 146 Å². The minimum Gasteiger partial charge on any atom is -0.287 e. The SMILES string of the molecule is CC(=O)Sc1ccc2cc(-c3cc(/C=C/c4ccccc4)c(-c4ccc5cc(SC(C)=O)ccc5c4)cc3/C=C/c3ccccc3)ccc2c1. The van der Waals surface area contributed by atoms with Crippen molar-refractivity contribution in [3.8, 4) is 22.3 Å². The topological polar surface area (TPSA) is 34.1 Å². The Morgan fingerprint density at radius 3 is 1.20 bits per heavy atom. The summed E-state index contributed by atoms with van der Waals surface area (Å²) in [6, 6.07) is 50.9. The van der Waals surface area contributed by atoms with Crippen LogP contribution in [0.3, 0.4) is 0 Å². The minimum atomic E-state index is 0.0788. The molecule has 0 aliphatic carbocycles. The summed E-state index contributed by atoms with van der Waals surface area (Å²) in [6.07, 6.45) is 8.76. The molecule has 0 bridgehead atoms. The zero-order valence-corrected chi connectivity index (χ0v) is 29.4. The van der Waals surface area contributed by atoms with Crippen molar-refractivity contribution >= 4 is 79.6 Å². The average molecular weight is 683 g/mol. The van der Waals surface area contributed by atoms with Gasteiger partial charge in [0.25, 0.3) is 0 Å². The highest BCUT2D eigenvalue weighted by Crippen LogP contribution is 2.38. The first-order valence-corrected chi connectivity index (χ1v) is 18.1. The van der Waals surface area contributed by atoms with Gasteiger partial charge in [0.15, 0.2) is 10.2 Å². The maximum atomic E-state index is 11.7. The molecule has 0 radical (unpaired) electrons. The second-order valence-corrected chi connectivity index (χ2v) is 14.7. The van der Waals surface area contributed by atoms with E-state index in [9.17, 15) is 9.59 Å². The fourth-order valence-electron chi connectivity index (χ4n) is 6.15. The summed E-state index contributed by atoms with van der Waals surface area (Å²) in [5.41, 5.74) is 8.97. The molecule has 50 heavy (non-hydrogen) atoms. The van der Waals surface area contributed by atoms with Gasteiger partial charge in [0.1, 0.15) is 0 Å². The van der Waals surface area contributed by atoms with Crippen LogP contribution < -0.4 is 0 Å². The van der Waals surface area contributed by atoms with E-state index in [1.165, 1.54) is 23.5 Å². The largest absolute Gasteiger partial charge is 0.287 e. The minimum absolute atomic E-state index is 0.0788. The molecule has 0 heterocycles. The molecule has 0 unspecified atom stereocenters. The number of hydrogen-bond acceptors (Lipinski definition) is 4. The predicted molar refractivity (Wildman–Crippen MR) is 216 cm³/mol. The first-order valence-electron chi connectivity index (χ1n) is 16.5. The molecule has 4 heteroatoms. The van der Waals surface area contributed by atoms with Gasteiger partial charge in [-0.1, -0.05) is 145 Å². The molecule has 7 aromatic rings. The summed E-state index contributed by atoms with van der Waals surface area (Å²) < 4.78 is 0. The molecule has 2 nitrogen and oxygen atoms in total. The monoisotopic (exact) mass is 682 g/mol. The molecular formula is C46H34O2S2. The standard InChI is InChI=1S/C46H34O2S2/c1-31(47)49-43-23-21-35-25-39(19-17-37(35)27-43)45-29-42(16-14-34-11-7-4-8-12-34)46(30-41(45)15-13-33-9-5-3-6-10-33)40-20-18-38-28-44(50-32(2)48)24-22-36(38)26-40/h3-30H,1-2H3/b15-13+,16-14+. The van der Waals surface area contributed by atoms with E-state index in [4.69, 9.17) is 0 Å². The summed E-state index contributed by atoms with van der Waals surface area (Å²) >= 11 is 2.52. The lowest BCUT2D eigenvalue weighted by Gasteiger charge is -2.16. The third-order valence-electron chi connectivity index (χ3n) is 8.50. The molecule has 7 rings (SSSR count). The van der Waals surface area contributed by atoms with E-state index >= 15 is 0 Å². The summed E-state index contributed by atoms with van der Waals surface area (Å²) in [4.78, 5) is 25.4. The fraction of sp³-hybridized carbons (Fsp3) is 0.0435.